The maximum atomic E-state index is 2.61. The summed E-state index contributed by atoms with van der Waals surface area (Å²) >= 11 is 0. The Labute approximate surface area is 121 Å². The SMILES string of the molecule is CC1=CC[C@@H]2C(C)(C)CCC[C@]2(C)[C@@H]1CCC(C)C. The van der Waals surface area contributed by atoms with Crippen LogP contribution in [0.5, 0.6) is 0 Å². The van der Waals surface area contributed by atoms with Crippen LogP contribution in [0.4, 0.5) is 0 Å². The van der Waals surface area contributed by atoms with Crippen molar-refractivity contribution in [3.63, 3.8) is 0 Å². The predicted octanol–water partition coefficient (Wildman–Crippen LogP) is 6.22. The maximum Gasteiger partial charge on any atom is -0.0149 e. The van der Waals surface area contributed by atoms with Crippen molar-refractivity contribution in [1.29, 1.82) is 0 Å². The minimum atomic E-state index is 0.542. The lowest BCUT2D eigenvalue weighted by atomic mass is 9.48. The van der Waals surface area contributed by atoms with Crippen molar-refractivity contribution in [2.75, 3.05) is 0 Å². The third-order valence-corrected chi connectivity index (χ3v) is 6.33. The van der Waals surface area contributed by atoms with Crippen LogP contribution in [0.25, 0.3) is 0 Å². The minimum absolute atomic E-state index is 0.542. The van der Waals surface area contributed by atoms with E-state index < -0.39 is 0 Å². The normalized spacial score (nSPS) is 37.9. The first kappa shape index (κ1) is 15.1. The summed E-state index contributed by atoms with van der Waals surface area (Å²) < 4.78 is 0. The van der Waals surface area contributed by atoms with Crippen LogP contribution >= 0.6 is 0 Å². The maximum absolute atomic E-state index is 2.61. The fourth-order valence-electron chi connectivity index (χ4n) is 5.19. The Morgan fingerprint density at radius 2 is 1.89 bits per heavy atom. The molecule has 0 radical (unpaired) electrons. The third kappa shape index (κ3) is 2.78. The molecule has 110 valence electrons. The summed E-state index contributed by atoms with van der Waals surface area (Å²) in [5, 5.41) is 0. The molecule has 1 saturated carbocycles. The molecular formula is C19H34. The van der Waals surface area contributed by atoms with Crippen molar-refractivity contribution in [1.82, 2.24) is 0 Å². The van der Waals surface area contributed by atoms with Crippen LogP contribution in [-0.4, -0.2) is 0 Å². The molecule has 0 unspecified atom stereocenters. The Morgan fingerprint density at radius 3 is 2.53 bits per heavy atom. The van der Waals surface area contributed by atoms with Gasteiger partial charge >= 0.3 is 0 Å². The van der Waals surface area contributed by atoms with Gasteiger partial charge in [-0.25, -0.2) is 0 Å². The lowest BCUT2D eigenvalue weighted by Gasteiger charge is -2.57. The van der Waals surface area contributed by atoms with Gasteiger partial charge < -0.3 is 0 Å². The van der Waals surface area contributed by atoms with Gasteiger partial charge in [-0.05, 0) is 61.2 Å². The zero-order chi connectivity index (χ0) is 14.3. The highest BCUT2D eigenvalue weighted by atomic mass is 14.6. The molecule has 2 aliphatic rings. The largest absolute Gasteiger partial charge is 0.0850 e. The number of hydrogen-bond acceptors (Lipinski definition) is 0. The van der Waals surface area contributed by atoms with Crippen molar-refractivity contribution in [2.24, 2.45) is 28.6 Å². The number of hydrogen-bond donors (Lipinski definition) is 0. The van der Waals surface area contributed by atoms with Gasteiger partial charge in [0.15, 0.2) is 0 Å². The highest BCUT2D eigenvalue weighted by Gasteiger charge is 2.51. The van der Waals surface area contributed by atoms with Crippen molar-refractivity contribution in [2.45, 2.75) is 80.1 Å². The van der Waals surface area contributed by atoms with Crippen molar-refractivity contribution in [3.8, 4) is 0 Å². The topological polar surface area (TPSA) is 0 Å². The van der Waals surface area contributed by atoms with E-state index in [1.807, 2.05) is 0 Å². The van der Waals surface area contributed by atoms with Gasteiger partial charge in [0.2, 0.25) is 0 Å². The molecule has 19 heavy (non-hydrogen) atoms. The molecule has 0 amide bonds. The van der Waals surface area contributed by atoms with Gasteiger partial charge in [0.1, 0.15) is 0 Å². The Balaban J connectivity index is 2.25. The molecule has 0 spiro atoms. The van der Waals surface area contributed by atoms with Gasteiger partial charge in [-0.1, -0.05) is 59.1 Å². The fourth-order valence-corrected chi connectivity index (χ4v) is 5.19. The van der Waals surface area contributed by atoms with E-state index in [0.717, 1.165) is 17.8 Å². The van der Waals surface area contributed by atoms with Crippen LogP contribution in [0, 0.1) is 28.6 Å². The van der Waals surface area contributed by atoms with Gasteiger partial charge in [-0.15, -0.1) is 0 Å². The van der Waals surface area contributed by atoms with Gasteiger partial charge in [0.25, 0.3) is 0 Å². The summed E-state index contributed by atoms with van der Waals surface area (Å²) in [5.74, 6) is 2.58. The second kappa shape index (κ2) is 5.26. The van der Waals surface area contributed by atoms with E-state index in [2.05, 4.69) is 47.6 Å². The molecule has 3 atom stereocenters. The third-order valence-electron chi connectivity index (χ3n) is 6.33. The summed E-state index contributed by atoms with van der Waals surface area (Å²) in [6.45, 7) is 14.8. The average molecular weight is 262 g/mol. The molecule has 0 saturated heterocycles. The van der Waals surface area contributed by atoms with Crippen LogP contribution in [-0.2, 0) is 0 Å². The Kier molecular flexibility index (Phi) is 4.19. The minimum Gasteiger partial charge on any atom is -0.0850 e. The molecule has 2 rings (SSSR count). The summed E-state index contributed by atoms with van der Waals surface area (Å²) in [6.07, 6.45) is 11.0. The van der Waals surface area contributed by atoms with Gasteiger partial charge in [0.05, 0.1) is 0 Å². The predicted molar refractivity (Wildman–Crippen MR) is 85.2 cm³/mol. The van der Waals surface area contributed by atoms with Crippen molar-refractivity contribution in [3.05, 3.63) is 11.6 Å². The first-order valence-electron chi connectivity index (χ1n) is 8.44. The fraction of sp³-hybridized carbons (Fsp3) is 0.895. The van der Waals surface area contributed by atoms with Crippen LogP contribution in [0.15, 0.2) is 11.6 Å². The monoisotopic (exact) mass is 262 g/mol. The molecule has 0 aliphatic heterocycles. The summed E-state index contributed by atoms with van der Waals surface area (Å²) in [5.41, 5.74) is 2.80. The Morgan fingerprint density at radius 1 is 1.21 bits per heavy atom. The highest BCUT2D eigenvalue weighted by molar-refractivity contribution is 5.18. The van der Waals surface area contributed by atoms with E-state index in [1.165, 1.54) is 38.5 Å². The second-order valence-corrected chi connectivity index (χ2v) is 8.61. The highest BCUT2D eigenvalue weighted by Crippen LogP contribution is 2.60. The molecule has 2 aliphatic carbocycles. The van der Waals surface area contributed by atoms with E-state index in [1.54, 1.807) is 5.57 Å². The number of allylic oxidation sites excluding steroid dienone is 2. The molecule has 0 heterocycles. The van der Waals surface area contributed by atoms with Gasteiger partial charge in [0, 0.05) is 0 Å². The first-order valence-corrected chi connectivity index (χ1v) is 8.44. The molecule has 0 bridgehead atoms. The van der Waals surface area contributed by atoms with E-state index in [0.29, 0.717) is 10.8 Å². The van der Waals surface area contributed by atoms with Crippen molar-refractivity contribution < 1.29 is 0 Å². The van der Waals surface area contributed by atoms with Crippen LogP contribution < -0.4 is 0 Å². The average Bonchev–Trinajstić information content (AvgIpc) is 2.26. The smallest absolute Gasteiger partial charge is 0.0149 e. The molecule has 1 fully saturated rings. The molecule has 0 N–H and O–H groups in total. The molecule has 0 aromatic carbocycles. The quantitative estimate of drug-likeness (QED) is 0.529. The standard InChI is InChI=1S/C19H34/c1-14(2)8-10-16-15(3)9-11-17-18(4,5)12-7-13-19(16,17)6/h9,14,16-17H,7-8,10-13H2,1-6H3/t16-,17-,19-/m1/s1. The molecule has 0 aromatic rings. The van der Waals surface area contributed by atoms with Crippen LogP contribution in [0.1, 0.15) is 80.1 Å². The Bertz CT molecular complexity index is 347. The Hall–Kier alpha value is -0.260. The zero-order valence-electron chi connectivity index (χ0n) is 14.1. The van der Waals surface area contributed by atoms with Crippen LogP contribution in [0.2, 0.25) is 0 Å². The summed E-state index contributed by atoms with van der Waals surface area (Å²) in [6, 6.07) is 0. The molecular weight excluding hydrogens is 228 g/mol. The second-order valence-electron chi connectivity index (χ2n) is 8.61. The van der Waals surface area contributed by atoms with E-state index in [4.69, 9.17) is 0 Å². The lowest BCUT2D eigenvalue weighted by molar-refractivity contribution is -0.0402. The number of fused-ring (bicyclic) bond motifs is 1. The van der Waals surface area contributed by atoms with E-state index in [-0.39, 0.29) is 0 Å². The summed E-state index contributed by atoms with van der Waals surface area (Å²) in [7, 11) is 0. The first-order chi connectivity index (χ1) is 8.77. The molecule has 0 nitrogen and oxygen atoms in total. The summed E-state index contributed by atoms with van der Waals surface area (Å²) in [4.78, 5) is 0. The number of rotatable bonds is 3. The zero-order valence-corrected chi connectivity index (χ0v) is 14.1. The molecule has 0 heteroatoms. The molecule has 0 aromatic heterocycles. The van der Waals surface area contributed by atoms with Crippen molar-refractivity contribution >= 4 is 0 Å². The van der Waals surface area contributed by atoms with Crippen LogP contribution in [0.3, 0.4) is 0 Å². The van der Waals surface area contributed by atoms with E-state index in [9.17, 15) is 0 Å². The van der Waals surface area contributed by atoms with Gasteiger partial charge in [-0.3, -0.25) is 0 Å². The lowest BCUT2D eigenvalue weighted by Crippen LogP contribution is -2.48. The van der Waals surface area contributed by atoms with E-state index >= 15 is 0 Å². The van der Waals surface area contributed by atoms with Gasteiger partial charge in [-0.2, -0.15) is 0 Å².